The highest BCUT2D eigenvalue weighted by Crippen LogP contribution is 2.18. The van der Waals surface area contributed by atoms with Gasteiger partial charge in [-0.15, -0.1) is 0 Å². The maximum Gasteiger partial charge on any atom is 0.409 e. The molecule has 0 radical (unpaired) electrons. The van der Waals surface area contributed by atoms with E-state index < -0.39 is 11.9 Å². The number of aromatic nitrogens is 2. The molecule has 2 heterocycles. The predicted octanol–water partition coefficient (Wildman–Crippen LogP) is 4.02. The Kier molecular flexibility index (Phi) is 10.0. The lowest BCUT2D eigenvalue weighted by Crippen LogP contribution is -2.56. The van der Waals surface area contributed by atoms with Crippen molar-refractivity contribution in [3.05, 3.63) is 47.2 Å². The van der Waals surface area contributed by atoms with Gasteiger partial charge in [-0.25, -0.2) is 14.8 Å². The summed E-state index contributed by atoms with van der Waals surface area (Å²) < 4.78 is 5.27. The van der Waals surface area contributed by atoms with E-state index in [1.807, 2.05) is 51.1 Å². The summed E-state index contributed by atoms with van der Waals surface area (Å²) in [5.41, 5.74) is 0.824. The third-order valence-electron chi connectivity index (χ3n) is 5.84. The van der Waals surface area contributed by atoms with Crippen LogP contribution in [-0.4, -0.2) is 76.5 Å². The largest absolute Gasteiger partial charge is 0.449 e. The first-order valence-electron chi connectivity index (χ1n) is 12.4. The molecule has 1 aliphatic rings. The molecule has 1 N–H and O–H groups in total. The number of nitrogens with one attached hydrogen (secondary N) is 1. The Hall–Kier alpha value is -3.20. The van der Waals surface area contributed by atoms with E-state index in [1.54, 1.807) is 9.80 Å². The van der Waals surface area contributed by atoms with Crippen molar-refractivity contribution in [2.75, 3.05) is 32.8 Å². The first-order valence-corrected chi connectivity index (χ1v) is 12.8. The number of carbonyl (C=O) groups is 3. The molecule has 0 bridgehead atoms. The van der Waals surface area contributed by atoms with E-state index in [1.165, 1.54) is 6.07 Å². The Bertz CT molecular complexity index is 1040. The molecule has 194 valence electrons. The number of nitrogens with zero attached hydrogens (tertiary/aromatic N) is 4. The van der Waals surface area contributed by atoms with E-state index in [4.69, 9.17) is 16.3 Å². The topological polar surface area (TPSA) is 105 Å². The highest BCUT2D eigenvalue weighted by molar-refractivity contribution is 6.29. The number of ether oxygens (including phenoxy) is 1. The monoisotopic (exact) mass is 515 g/mol. The molecule has 3 rings (SSSR count). The first-order chi connectivity index (χ1) is 17.3. The average Bonchev–Trinajstić information content (AvgIpc) is 2.88. The predicted molar refractivity (Wildman–Crippen MR) is 138 cm³/mol. The number of benzene rings is 1. The minimum Gasteiger partial charge on any atom is -0.449 e. The van der Waals surface area contributed by atoms with Crippen molar-refractivity contribution in [3.8, 4) is 11.4 Å². The summed E-state index contributed by atoms with van der Waals surface area (Å²) in [6, 6.07) is 9.90. The SMILES string of the molecule is CCCCOC(=O)N1CCN(C(=O)[C@H](CC(C)C)NC(=O)c2cc(Cl)nc(-c3ccccc3)n2)CC1. The van der Waals surface area contributed by atoms with Crippen LogP contribution in [0.5, 0.6) is 0 Å². The van der Waals surface area contributed by atoms with Crippen LogP contribution in [-0.2, 0) is 9.53 Å². The fourth-order valence-corrected chi connectivity index (χ4v) is 4.08. The van der Waals surface area contributed by atoms with Crippen LogP contribution in [0.3, 0.4) is 0 Å². The summed E-state index contributed by atoms with van der Waals surface area (Å²) in [6.45, 7) is 7.95. The van der Waals surface area contributed by atoms with Crippen molar-refractivity contribution in [3.63, 3.8) is 0 Å². The van der Waals surface area contributed by atoms with Gasteiger partial charge in [-0.05, 0) is 18.8 Å². The van der Waals surface area contributed by atoms with Crippen LogP contribution in [0.15, 0.2) is 36.4 Å². The van der Waals surface area contributed by atoms with Gasteiger partial charge >= 0.3 is 6.09 Å². The summed E-state index contributed by atoms with van der Waals surface area (Å²) in [5, 5.41) is 2.99. The minimum atomic E-state index is -0.727. The molecule has 1 fully saturated rings. The van der Waals surface area contributed by atoms with Crippen molar-refractivity contribution < 1.29 is 19.1 Å². The Morgan fingerprint density at radius 1 is 1.06 bits per heavy atom. The van der Waals surface area contributed by atoms with Gasteiger partial charge in [-0.3, -0.25) is 9.59 Å². The van der Waals surface area contributed by atoms with Crippen LogP contribution < -0.4 is 5.32 Å². The Morgan fingerprint density at radius 2 is 1.72 bits per heavy atom. The van der Waals surface area contributed by atoms with E-state index >= 15 is 0 Å². The van der Waals surface area contributed by atoms with Crippen LogP contribution in [0.4, 0.5) is 4.79 Å². The molecule has 0 saturated carbocycles. The number of hydrogen-bond donors (Lipinski definition) is 1. The number of rotatable bonds is 9. The molecular formula is C26H34ClN5O4. The second-order valence-corrected chi connectivity index (χ2v) is 9.59. The standard InChI is InChI=1S/C26H34ClN5O4/c1-4-5-15-36-26(35)32-13-11-31(12-14-32)25(34)21(16-18(2)3)29-24(33)20-17-22(27)30-23(28-20)19-9-7-6-8-10-19/h6-10,17-18,21H,4-5,11-16H2,1-3H3,(H,29,33)/t21-/m0/s1. The molecule has 9 nitrogen and oxygen atoms in total. The summed E-state index contributed by atoms with van der Waals surface area (Å²) >= 11 is 6.18. The van der Waals surface area contributed by atoms with Crippen molar-refractivity contribution in [1.82, 2.24) is 25.1 Å². The quantitative estimate of drug-likeness (QED) is 0.399. The lowest BCUT2D eigenvalue weighted by atomic mass is 10.0. The molecule has 1 atom stereocenters. The fraction of sp³-hybridized carbons (Fsp3) is 0.500. The maximum absolute atomic E-state index is 13.4. The number of amides is 3. The molecule has 36 heavy (non-hydrogen) atoms. The van der Waals surface area contributed by atoms with Crippen LogP contribution in [0.1, 0.15) is 50.5 Å². The molecule has 0 spiro atoms. The van der Waals surface area contributed by atoms with Crippen LogP contribution >= 0.6 is 11.6 Å². The maximum atomic E-state index is 13.4. The molecule has 1 aromatic heterocycles. The number of halogens is 1. The van der Waals surface area contributed by atoms with Crippen LogP contribution in [0.2, 0.25) is 5.15 Å². The zero-order chi connectivity index (χ0) is 26.1. The Morgan fingerprint density at radius 3 is 2.36 bits per heavy atom. The zero-order valence-corrected chi connectivity index (χ0v) is 21.8. The second kappa shape index (κ2) is 13.2. The summed E-state index contributed by atoms with van der Waals surface area (Å²) in [6.07, 6.45) is 1.89. The molecule has 0 aliphatic carbocycles. The Labute approximate surface area is 217 Å². The second-order valence-electron chi connectivity index (χ2n) is 9.20. The van der Waals surface area contributed by atoms with Gasteiger partial charge < -0.3 is 19.9 Å². The minimum absolute atomic E-state index is 0.0926. The number of piperazine rings is 1. The Balaban J connectivity index is 1.66. The van der Waals surface area contributed by atoms with E-state index in [0.29, 0.717) is 45.0 Å². The van der Waals surface area contributed by atoms with Gasteiger partial charge in [0, 0.05) is 37.8 Å². The smallest absolute Gasteiger partial charge is 0.409 e. The zero-order valence-electron chi connectivity index (χ0n) is 21.1. The number of hydrogen-bond acceptors (Lipinski definition) is 6. The third kappa shape index (κ3) is 7.65. The lowest BCUT2D eigenvalue weighted by molar-refractivity contribution is -0.135. The molecule has 3 amide bonds. The van der Waals surface area contributed by atoms with E-state index in [2.05, 4.69) is 15.3 Å². The van der Waals surface area contributed by atoms with E-state index in [0.717, 1.165) is 18.4 Å². The van der Waals surface area contributed by atoms with Crippen molar-refractivity contribution in [1.29, 1.82) is 0 Å². The molecular weight excluding hydrogens is 482 g/mol. The number of carbonyl (C=O) groups excluding carboxylic acids is 3. The van der Waals surface area contributed by atoms with Gasteiger partial charge in [0.15, 0.2) is 5.82 Å². The highest BCUT2D eigenvalue weighted by atomic mass is 35.5. The van der Waals surface area contributed by atoms with E-state index in [-0.39, 0.29) is 28.8 Å². The van der Waals surface area contributed by atoms with Gasteiger partial charge in [0.1, 0.15) is 16.9 Å². The van der Waals surface area contributed by atoms with Crippen LogP contribution in [0.25, 0.3) is 11.4 Å². The summed E-state index contributed by atoms with van der Waals surface area (Å²) in [5.74, 6) is -0.169. The summed E-state index contributed by atoms with van der Waals surface area (Å²) in [4.78, 5) is 50.6. The van der Waals surface area contributed by atoms with Gasteiger partial charge in [0.2, 0.25) is 5.91 Å². The first kappa shape index (κ1) is 27.4. The average molecular weight is 516 g/mol. The normalized spacial score (nSPS) is 14.5. The molecule has 10 heteroatoms. The van der Waals surface area contributed by atoms with Crippen LogP contribution in [0, 0.1) is 5.92 Å². The molecule has 0 unspecified atom stereocenters. The van der Waals surface area contributed by atoms with Gasteiger partial charge in [-0.2, -0.15) is 0 Å². The van der Waals surface area contributed by atoms with E-state index in [9.17, 15) is 14.4 Å². The molecule has 1 saturated heterocycles. The molecule has 1 aromatic carbocycles. The van der Waals surface area contributed by atoms with Gasteiger partial charge in [-0.1, -0.05) is 69.1 Å². The van der Waals surface area contributed by atoms with Crippen molar-refractivity contribution >= 4 is 29.5 Å². The molecule has 1 aliphatic heterocycles. The fourth-order valence-electron chi connectivity index (χ4n) is 3.90. The lowest BCUT2D eigenvalue weighted by Gasteiger charge is -2.36. The van der Waals surface area contributed by atoms with Crippen molar-refractivity contribution in [2.24, 2.45) is 5.92 Å². The van der Waals surface area contributed by atoms with Gasteiger partial charge in [0.25, 0.3) is 5.91 Å². The third-order valence-corrected chi connectivity index (χ3v) is 6.04. The summed E-state index contributed by atoms with van der Waals surface area (Å²) in [7, 11) is 0. The highest BCUT2D eigenvalue weighted by Gasteiger charge is 2.31. The molecule has 2 aromatic rings. The number of unbranched alkanes of at least 4 members (excludes halogenated alkanes) is 1. The van der Waals surface area contributed by atoms with Crippen molar-refractivity contribution in [2.45, 2.75) is 46.1 Å². The van der Waals surface area contributed by atoms with Gasteiger partial charge in [0.05, 0.1) is 6.61 Å².